The fourth-order valence-electron chi connectivity index (χ4n) is 2.99. The highest BCUT2D eigenvalue weighted by Crippen LogP contribution is 2.27. The summed E-state index contributed by atoms with van der Waals surface area (Å²) in [5, 5.41) is 3.01. The molecule has 0 aliphatic rings. The lowest BCUT2D eigenvalue weighted by Gasteiger charge is -2.15. The minimum atomic E-state index is -0.369. The Morgan fingerprint density at radius 3 is 2.31 bits per heavy atom. The van der Waals surface area contributed by atoms with Gasteiger partial charge in [0.05, 0.1) is 5.69 Å². The van der Waals surface area contributed by atoms with Crippen LogP contribution in [0.4, 0.5) is 18.9 Å². The van der Waals surface area contributed by atoms with Crippen LogP contribution in [0.3, 0.4) is 0 Å². The van der Waals surface area contributed by atoms with Gasteiger partial charge >= 0.3 is 0 Å². The quantitative estimate of drug-likeness (QED) is 0.578. The van der Waals surface area contributed by atoms with Crippen molar-refractivity contribution in [2.24, 2.45) is 0 Å². The molecule has 1 N–H and O–H groups in total. The van der Waals surface area contributed by atoms with E-state index in [1.807, 2.05) is 13.8 Å². The molecule has 0 radical (unpaired) electrons. The van der Waals surface area contributed by atoms with Crippen LogP contribution in [0.5, 0.6) is 0 Å². The van der Waals surface area contributed by atoms with E-state index in [9.17, 15) is 13.2 Å². The Bertz CT molecular complexity index is 964. The first kappa shape index (κ1) is 18.1. The van der Waals surface area contributed by atoms with Crippen LogP contribution in [-0.4, -0.2) is 0 Å². The molecule has 26 heavy (non-hydrogen) atoms. The largest absolute Gasteiger partial charge is 0.378 e. The Morgan fingerprint density at radius 1 is 0.808 bits per heavy atom. The van der Waals surface area contributed by atoms with Crippen molar-refractivity contribution >= 4 is 5.69 Å². The van der Waals surface area contributed by atoms with Crippen LogP contribution in [0.2, 0.25) is 0 Å². The number of hydrogen-bond donors (Lipinski definition) is 1. The first-order valence-corrected chi connectivity index (χ1v) is 8.41. The molecule has 0 atom stereocenters. The van der Waals surface area contributed by atoms with Gasteiger partial charge < -0.3 is 5.32 Å². The summed E-state index contributed by atoms with van der Waals surface area (Å²) in [6, 6.07) is 12.6. The topological polar surface area (TPSA) is 12.0 Å². The number of benzene rings is 3. The van der Waals surface area contributed by atoms with Crippen molar-refractivity contribution in [3.63, 3.8) is 0 Å². The zero-order chi connectivity index (χ0) is 18.8. The minimum Gasteiger partial charge on any atom is -0.378 e. The van der Waals surface area contributed by atoms with Crippen molar-refractivity contribution in [2.45, 2.75) is 27.3 Å². The summed E-state index contributed by atoms with van der Waals surface area (Å²) in [6.45, 7) is 5.53. The van der Waals surface area contributed by atoms with Crippen LogP contribution in [0.1, 0.15) is 22.3 Å². The summed E-state index contributed by atoms with van der Waals surface area (Å²) in [7, 11) is 0. The molecule has 0 aliphatic carbocycles. The van der Waals surface area contributed by atoms with E-state index in [0.29, 0.717) is 22.4 Å². The lowest BCUT2D eigenvalue weighted by atomic mass is 9.99. The zero-order valence-corrected chi connectivity index (χ0v) is 15.0. The summed E-state index contributed by atoms with van der Waals surface area (Å²) in [5.74, 6) is -1.06. The van der Waals surface area contributed by atoms with Crippen LogP contribution in [0, 0.1) is 38.2 Å². The Labute approximate surface area is 151 Å². The summed E-state index contributed by atoms with van der Waals surface area (Å²) in [4.78, 5) is 0. The third-order valence-electron chi connectivity index (χ3n) is 4.63. The highest BCUT2D eigenvalue weighted by molar-refractivity contribution is 5.66. The second-order valence-electron chi connectivity index (χ2n) is 6.49. The molecule has 0 bridgehead atoms. The van der Waals surface area contributed by atoms with Gasteiger partial charge in [0.25, 0.3) is 0 Å². The van der Waals surface area contributed by atoms with Crippen LogP contribution < -0.4 is 5.32 Å². The second-order valence-corrected chi connectivity index (χ2v) is 6.49. The molecule has 0 spiro atoms. The molecule has 0 saturated heterocycles. The average Bonchev–Trinajstić information content (AvgIpc) is 2.61. The third kappa shape index (κ3) is 3.59. The molecular weight excluding hydrogens is 335 g/mol. The first-order valence-electron chi connectivity index (χ1n) is 8.41. The third-order valence-corrected chi connectivity index (χ3v) is 4.63. The van der Waals surface area contributed by atoms with Gasteiger partial charge in [-0.3, -0.25) is 0 Å². The van der Waals surface area contributed by atoms with E-state index < -0.39 is 0 Å². The predicted octanol–water partition coefficient (Wildman–Crippen LogP) is 6.31. The molecule has 0 saturated carbocycles. The van der Waals surface area contributed by atoms with Gasteiger partial charge in [0.2, 0.25) is 0 Å². The molecule has 1 nitrogen and oxygen atoms in total. The van der Waals surface area contributed by atoms with Gasteiger partial charge in [-0.05, 0) is 78.9 Å². The Hall–Kier alpha value is -2.75. The number of halogens is 3. The molecule has 0 amide bonds. The van der Waals surface area contributed by atoms with Crippen LogP contribution >= 0.6 is 0 Å². The first-order chi connectivity index (χ1) is 12.4. The fraction of sp³-hybridized carbons (Fsp3) is 0.182. The molecule has 0 fully saturated rings. The Kier molecular flexibility index (Phi) is 5.03. The van der Waals surface area contributed by atoms with Gasteiger partial charge in [-0.2, -0.15) is 0 Å². The summed E-state index contributed by atoms with van der Waals surface area (Å²) in [6.07, 6.45) is 0. The van der Waals surface area contributed by atoms with E-state index in [2.05, 4.69) is 5.32 Å². The van der Waals surface area contributed by atoms with Crippen molar-refractivity contribution in [3.8, 4) is 11.1 Å². The van der Waals surface area contributed by atoms with Crippen molar-refractivity contribution in [3.05, 3.63) is 88.2 Å². The second kappa shape index (κ2) is 7.24. The summed E-state index contributed by atoms with van der Waals surface area (Å²) >= 11 is 0. The van der Waals surface area contributed by atoms with E-state index in [0.717, 1.165) is 16.7 Å². The predicted molar refractivity (Wildman–Crippen MR) is 99.7 cm³/mol. The lowest BCUT2D eigenvalue weighted by molar-refractivity contribution is 0.602. The normalized spacial score (nSPS) is 10.8. The fourth-order valence-corrected chi connectivity index (χ4v) is 2.99. The summed E-state index contributed by atoms with van der Waals surface area (Å²) in [5.41, 5.74) is 4.39. The van der Waals surface area contributed by atoms with Gasteiger partial charge in [0.1, 0.15) is 17.5 Å². The summed E-state index contributed by atoms with van der Waals surface area (Å²) < 4.78 is 42.2. The monoisotopic (exact) mass is 355 g/mol. The maximum Gasteiger partial charge on any atom is 0.146 e. The SMILES string of the molecule is Cc1ccc(F)c(NCc2cc(-c3cccc(F)c3)cc(C)c2F)c1C. The molecular formula is C22H20F3N. The number of nitrogens with one attached hydrogen (secondary N) is 1. The van der Waals surface area contributed by atoms with Gasteiger partial charge in [-0.15, -0.1) is 0 Å². The van der Waals surface area contributed by atoms with E-state index in [1.165, 1.54) is 18.2 Å². The molecule has 3 aromatic carbocycles. The van der Waals surface area contributed by atoms with Gasteiger partial charge in [0.15, 0.2) is 0 Å². The van der Waals surface area contributed by atoms with Crippen molar-refractivity contribution in [2.75, 3.05) is 5.32 Å². The van der Waals surface area contributed by atoms with E-state index in [-0.39, 0.29) is 24.0 Å². The smallest absolute Gasteiger partial charge is 0.146 e. The Balaban J connectivity index is 1.95. The van der Waals surface area contributed by atoms with E-state index in [4.69, 9.17) is 0 Å². The number of anilines is 1. The van der Waals surface area contributed by atoms with Gasteiger partial charge in [0, 0.05) is 12.1 Å². The van der Waals surface area contributed by atoms with Gasteiger partial charge in [-0.1, -0.05) is 18.2 Å². The van der Waals surface area contributed by atoms with Gasteiger partial charge in [-0.25, -0.2) is 13.2 Å². The molecule has 4 heteroatoms. The maximum absolute atomic E-state index is 14.6. The molecule has 3 aromatic rings. The van der Waals surface area contributed by atoms with Crippen molar-refractivity contribution in [1.29, 1.82) is 0 Å². The number of aryl methyl sites for hydroxylation is 2. The molecule has 0 aromatic heterocycles. The highest BCUT2D eigenvalue weighted by Gasteiger charge is 2.12. The standard InChI is InChI=1S/C22H20F3N/c1-13-7-8-20(24)22(15(13)3)26-12-18-10-17(9-14(2)21(18)25)16-5-4-6-19(23)11-16/h4-11,26H,12H2,1-3H3. The highest BCUT2D eigenvalue weighted by atomic mass is 19.1. The maximum atomic E-state index is 14.6. The van der Waals surface area contributed by atoms with E-state index in [1.54, 1.807) is 37.3 Å². The molecule has 3 rings (SSSR count). The van der Waals surface area contributed by atoms with Crippen molar-refractivity contribution in [1.82, 2.24) is 0 Å². The average molecular weight is 355 g/mol. The van der Waals surface area contributed by atoms with Crippen LogP contribution in [0.15, 0.2) is 48.5 Å². The zero-order valence-electron chi connectivity index (χ0n) is 15.0. The molecule has 134 valence electrons. The van der Waals surface area contributed by atoms with E-state index >= 15 is 0 Å². The lowest BCUT2D eigenvalue weighted by Crippen LogP contribution is -2.07. The van der Waals surface area contributed by atoms with Crippen LogP contribution in [-0.2, 0) is 6.54 Å². The molecule has 0 unspecified atom stereocenters. The number of rotatable bonds is 4. The Morgan fingerprint density at radius 2 is 1.58 bits per heavy atom. The number of hydrogen-bond acceptors (Lipinski definition) is 1. The van der Waals surface area contributed by atoms with Crippen LogP contribution in [0.25, 0.3) is 11.1 Å². The minimum absolute atomic E-state index is 0.136. The molecule has 0 heterocycles. The molecule has 0 aliphatic heterocycles. The van der Waals surface area contributed by atoms with Crippen molar-refractivity contribution < 1.29 is 13.2 Å².